The number of furan rings is 1. The van der Waals surface area contributed by atoms with Gasteiger partial charge in [-0.3, -0.25) is 9.69 Å². The lowest BCUT2D eigenvalue weighted by atomic mass is 10.1. The molecule has 122 valence electrons. The smallest absolute Gasteiger partial charge is 0.278 e. The van der Waals surface area contributed by atoms with Crippen molar-refractivity contribution in [3.05, 3.63) is 102 Å². The molecule has 0 fully saturated rings. The lowest BCUT2D eigenvalue weighted by Gasteiger charge is -2.18. The van der Waals surface area contributed by atoms with Gasteiger partial charge >= 0.3 is 0 Å². The standard InChI is InChI=1S/C21H16N2O2/c24-21-19(14-18-12-7-13-25-18)22-20(17-10-5-2-6-11-17)23(21)15-16-8-3-1-4-9-16/h1-14H,15H2. The van der Waals surface area contributed by atoms with Crippen molar-refractivity contribution < 1.29 is 9.21 Å². The number of hydrogen-bond acceptors (Lipinski definition) is 3. The maximum Gasteiger partial charge on any atom is 0.278 e. The van der Waals surface area contributed by atoms with Crippen molar-refractivity contribution in [1.29, 1.82) is 0 Å². The highest BCUT2D eigenvalue weighted by Gasteiger charge is 2.31. The summed E-state index contributed by atoms with van der Waals surface area (Å²) in [7, 11) is 0. The Kier molecular flexibility index (Phi) is 4.01. The van der Waals surface area contributed by atoms with E-state index in [1.54, 1.807) is 29.4 Å². The van der Waals surface area contributed by atoms with Crippen LogP contribution in [0.15, 0.2) is 94.2 Å². The van der Waals surface area contributed by atoms with E-state index in [4.69, 9.17) is 4.42 Å². The van der Waals surface area contributed by atoms with Crippen molar-refractivity contribution in [2.45, 2.75) is 6.54 Å². The maximum absolute atomic E-state index is 12.9. The van der Waals surface area contributed by atoms with Crippen LogP contribution in [0, 0.1) is 0 Å². The van der Waals surface area contributed by atoms with E-state index in [1.807, 2.05) is 60.7 Å². The van der Waals surface area contributed by atoms with Gasteiger partial charge in [-0.2, -0.15) is 0 Å². The molecule has 0 saturated carbocycles. The second-order valence-corrected chi connectivity index (χ2v) is 5.72. The fourth-order valence-corrected chi connectivity index (χ4v) is 2.78. The Hall–Kier alpha value is -3.40. The summed E-state index contributed by atoms with van der Waals surface area (Å²) >= 11 is 0. The predicted octanol–water partition coefficient (Wildman–Crippen LogP) is 4.11. The van der Waals surface area contributed by atoms with Gasteiger partial charge in [0.15, 0.2) is 0 Å². The minimum Gasteiger partial charge on any atom is -0.465 e. The number of carbonyl (C=O) groups excluding carboxylic acids is 1. The van der Waals surface area contributed by atoms with Crippen LogP contribution in [0.3, 0.4) is 0 Å². The first-order valence-electron chi connectivity index (χ1n) is 8.06. The van der Waals surface area contributed by atoms with Crippen molar-refractivity contribution in [2.24, 2.45) is 4.99 Å². The van der Waals surface area contributed by atoms with Gasteiger partial charge in [0.2, 0.25) is 0 Å². The van der Waals surface area contributed by atoms with E-state index < -0.39 is 0 Å². The number of benzene rings is 2. The molecule has 0 atom stereocenters. The largest absolute Gasteiger partial charge is 0.465 e. The topological polar surface area (TPSA) is 45.8 Å². The number of aliphatic imine (C=N–C) groups is 1. The maximum atomic E-state index is 12.9. The average molecular weight is 328 g/mol. The Morgan fingerprint density at radius 3 is 2.32 bits per heavy atom. The van der Waals surface area contributed by atoms with Crippen LogP contribution in [0.1, 0.15) is 16.9 Å². The van der Waals surface area contributed by atoms with E-state index in [0.29, 0.717) is 23.8 Å². The molecule has 0 radical (unpaired) electrons. The van der Waals surface area contributed by atoms with E-state index in [1.165, 1.54) is 0 Å². The van der Waals surface area contributed by atoms with Gasteiger partial charge in [0.05, 0.1) is 12.8 Å². The summed E-state index contributed by atoms with van der Waals surface area (Å²) < 4.78 is 5.32. The number of rotatable bonds is 4. The first kappa shape index (κ1) is 15.1. The molecule has 0 aliphatic carbocycles. The van der Waals surface area contributed by atoms with Gasteiger partial charge < -0.3 is 4.42 Å². The quantitative estimate of drug-likeness (QED) is 0.677. The summed E-state index contributed by atoms with van der Waals surface area (Å²) in [5.74, 6) is 1.15. The lowest BCUT2D eigenvalue weighted by molar-refractivity contribution is -0.123. The molecule has 0 N–H and O–H groups in total. The molecule has 0 saturated heterocycles. The number of amides is 1. The molecule has 1 aromatic heterocycles. The molecule has 0 unspecified atom stereocenters. The molecule has 25 heavy (non-hydrogen) atoms. The van der Waals surface area contributed by atoms with Gasteiger partial charge in [0.1, 0.15) is 17.3 Å². The average Bonchev–Trinajstić information content (AvgIpc) is 3.27. The number of hydrogen-bond donors (Lipinski definition) is 0. The van der Waals surface area contributed by atoms with Crippen molar-refractivity contribution in [3.63, 3.8) is 0 Å². The van der Waals surface area contributed by atoms with Crippen LogP contribution in [0.25, 0.3) is 6.08 Å². The highest BCUT2D eigenvalue weighted by atomic mass is 16.3. The lowest BCUT2D eigenvalue weighted by Crippen LogP contribution is -2.32. The van der Waals surface area contributed by atoms with Gasteiger partial charge in [-0.15, -0.1) is 0 Å². The Morgan fingerprint density at radius 1 is 0.920 bits per heavy atom. The zero-order valence-electron chi connectivity index (χ0n) is 13.5. The van der Waals surface area contributed by atoms with Crippen LogP contribution >= 0.6 is 0 Å². The molecule has 0 bridgehead atoms. The van der Waals surface area contributed by atoms with E-state index >= 15 is 0 Å². The second-order valence-electron chi connectivity index (χ2n) is 5.72. The molecule has 4 nitrogen and oxygen atoms in total. The molecular weight excluding hydrogens is 312 g/mol. The molecule has 1 aliphatic rings. The molecule has 4 heteroatoms. The predicted molar refractivity (Wildman–Crippen MR) is 96.7 cm³/mol. The Balaban J connectivity index is 1.73. The molecule has 2 heterocycles. The van der Waals surface area contributed by atoms with E-state index in [9.17, 15) is 4.79 Å². The molecule has 1 aliphatic heterocycles. The van der Waals surface area contributed by atoms with Gasteiger partial charge in [0, 0.05) is 11.6 Å². The van der Waals surface area contributed by atoms with Crippen LogP contribution in [-0.2, 0) is 11.3 Å². The molecule has 1 amide bonds. The van der Waals surface area contributed by atoms with Gasteiger partial charge in [0.25, 0.3) is 5.91 Å². The van der Waals surface area contributed by atoms with Crippen molar-refractivity contribution >= 4 is 17.8 Å². The summed E-state index contributed by atoms with van der Waals surface area (Å²) in [6, 6.07) is 23.2. The van der Waals surface area contributed by atoms with Crippen molar-refractivity contribution in [2.75, 3.05) is 0 Å². The van der Waals surface area contributed by atoms with E-state index in [2.05, 4.69) is 4.99 Å². The van der Waals surface area contributed by atoms with E-state index in [0.717, 1.165) is 11.1 Å². The molecule has 3 aromatic rings. The third-order valence-corrected chi connectivity index (χ3v) is 3.98. The minimum absolute atomic E-state index is 0.126. The van der Waals surface area contributed by atoms with Crippen molar-refractivity contribution in [1.82, 2.24) is 4.90 Å². The van der Waals surface area contributed by atoms with Crippen molar-refractivity contribution in [3.8, 4) is 0 Å². The van der Waals surface area contributed by atoms with E-state index in [-0.39, 0.29) is 5.91 Å². The fraction of sp³-hybridized carbons (Fsp3) is 0.0476. The minimum atomic E-state index is -0.126. The zero-order valence-corrected chi connectivity index (χ0v) is 13.5. The highest BCUT2D eigenvalue weighted by molar-refractivity contribution is 6.19. The van der Waals surface area contributed by atoms with Gasteiger partial charge in [-0.25, -0.2) is 4.99 Å². The highest BCUT2D eigenvalue weighted by Crippen LogP contribution is 2.24. The first-order valence-corrected chi connectivity index (χ1v) is 8.06. The third kappa shape index (κ3) is 3.15. The number of carbonyl (C=O) groups is 1. The van der Waals surface area contributed by atoms with Gasteiger partial charge in [-0.05, 0) is 17.7 Å². The normalized spacial score (nSPS) is 15.7. The Labute approximate surface area is 145 Å². The van der Waals surface area contributed by atoms with Crippen LogP contribution in [-0.4, -0.2) is 16.6 Å². The summed E-state index contributed by atoms with van der Waals surface area (Å²) in [5.41, 5.74) is 2.35. The van der Waals surface area contributed by atoms with Crippen LogP contribution in [0.4, 0.5) is 0 Å². The SMILES string of the molecule is O=C1C(=Cc2ccco2)N=C(c2ccccc2)N1Cc1ccccc1. The number of nitrogens with zero attached hydrogens (tertiary/aromatic N) is 2. The Bertz CT molecular complexity index is 927. The fourth-order valence-electron chi connectivity index (χ4n) is 2.78. The number of amidine groups is 1. The van der Waals surface area contributed by atoms with Gasteiger partial charge in [-0.1, -0.05) is 60.7 Å². The third-order valence-electron chi connectivity index (χ3n) is 3.98. The summed E-state index contributed by atoms with van der Waals surface area (Å²) in [6.45, 7) is 0.475. The summed E-state index contributed by atoms with van der Waals surface area (Å²) in [6.07, 6.45) is 3.26. The first-order chi connectivity index (χ1) is 12.3. The second kappa shape index (κ2) is 6.61. The molecule has 4 rings (SSSR count). The molecular formula is C21H16N2O2. The van der Waals surface area contributed by atoms with Crippen LogP contribution in [0.5, 0.6) is 0 Å². The zero-order chi connectivity index (χ0) is 17.1. The summed E-state index contributed by atoms with van der Waals surface area (Å²) in [4.78, 5) is 19.2. The summed E-state index contributed by atoms with van der Waals surface area (Å²) in [5, 5.41) is 0. The van der Waals surface area contributed by atoms with Crippen LogP contribution in [0.2, 0.25) is 0 Å². The molecule has 0 spiro atoms. The Morgan fingerprint density at radius 2 is 1.64 bits per heavy atom. The monoisotopic (exact) mass is 328 g/mol. The van der Waals surface area contributed by atoms with Crippen LogP contribution < -0.4 is 0 Å². The molecule has 2 aromatic carbocycles.